The van der Waals surface area contributed by atoms with Crippen LogP contribution < -0.4 is 5.48 Å². The molecule has 104 valence electrons. The van der Waals surface area contributed by atoms with Gasteiger partial charge in [0.15, 0.2) is 0 Å². The van der Waals surface area contributed by atoms with Gasteiger partial charge in [-0.2, -0.15) is 0 Å². The van der Waals surface area contributed by atoms with Crippen molar-refractivity contribution < 1.29 is 19.2 Å². The van der Waals surface area contributed by atoms with Crippen molar-refractivity contribution in [1.82, 2.24) is 5.48 Å². The molecule has 6 heteroatoms. The van der Waals surface area contributed by atoms with Crippen LogP contribution in [-0.4, -0.2) is 18.4 Å². The number of ether oxygens (including phenoxy) is 1. The zero-order valence-corrected chi connectivity index (χ0v) is 12.5. The maximum Gasteiger partial charge on any atom is 0.349 e. The molecule has 5 nitrogen and oxygen atoms in total. The van der Waals surface area contributed by atoms with Gasteiger partial charge in [0.25, 0.3) is 0 Å². The van der Waals surface area contributed by atoms with Crippen molar-refractivity contribution in [2.75, 3.05) is 6.61 Å². The average Bonchev–Trinajstić information content (AvgIpc) is 2.36. The van der Waals surface area contributed by atoms with Gasteiger partial charge in [-0.3, -0.25) is 15.1 Å². The van der Waals surface area contributed by atoms with Crippen molar-refractivity contribution >= 4 is 27.7 Å². The first-order valence-corrected chi connectivity index (χ1v) is 6.67. The van der Waals surface area contributed by atoms with Gasteiger partial charge in [0.1, 0.15) is 15.8 Å². The molecule has 19 heavy (non-hydrogen) atoms. The van der Waals surface area contributed by atoms with Gasteiger partial charge in [-0.05, 0) is 29.3 Å². The molecule has 0 atom stereocenters. The van der Waals surface area contributed by atoms with Crippen LogP contribution in [0.5, 0.6) is 0 Å². The molecule has 0 spiro atoms. The second-order valence-electron chi connectivity index (χ2n) is 3.89. The first-order chi connectivity index (χ1) is 9.02. The molecule has 0 saturated heterocycles. The Morgan fingerprint density at radius 1 is 1.53 bits per heavy atom. The summed E-state index contributed by atoms with van der Waals surface area (Å²) in [5.41, 5.74) is 3.03. The smallest absolute Gasteiger partial charge is 0.349 e. The number of Topliss-reactive ketones (excluding diaryl/α,β-unsaturated/α-hetero) is 1. The van der Waals surface area contributed by atoms with E-state index in [1.165, 1.54) is 0 Å². The number of ketones is 1. The van der Waals surface area contributed by atoms with Crippen LogP contribution in [0.2, 0.25) is 0 Å². The number of carbonyl (C=O) groups excluding carboxylic acids is 2. The maximum absolute atomic E-state index is 12.1. The molecule has 0 saturated carbocycles. The molecule has 1 N–H and O–H groups in total. The van der Waals surface area contributed by atoms with Crippen molar-refractivity contribution in [1.29, 1.82) is 0 Å². The van der Waals surface area contributed by atoms with E-state index in [4.69, 9.17) is 9.57 Å². The standard InChI is InChI=1S/C13H16BrNO4/c1-4-6-9(15-18-7-5-2)10-12(16)11(14)8(3)19-13(10)17/h5,15H,2,4,6-7H2,1,3H3. The van der Waals surface area contributed by atoms with Gasteiger partial charge in [0, 0.05) is 0 Å². The summed E-state index contributed by atoms with van der Waals surface area (Å²) in [7, 11) is 0. The van der Waals surface area contributed by atoms with Crippen LogP contribution in [0.4, 0.5) is 0 Å². The summed E-state index contributed by atoms with van der Waals surface area (Å²) in [6, 6.07) is 0. The third-order valence-corrected chi connectivity index (χ3v) is 3.30. The van der Waals surface area contributed by atoms with Crippen molar-refractivity contribution in [3.05, 3.63) is 34.2 Å². The number of halogens is 1. The van der Waals surface area contributed by atoms with Crippen LogP contribution in [0.25, 0.3) is 0 Å². The van der Waals surface area contributed by atoms with Crippen LogP contribution >= 0.6 is 15.9 Å². The number of hydrogen-bond acceptors (Lipinski definition) is 5. The summed E-state index contributed by atoms with van der Waals surface area (Å²) in [6.45, 7) is 7.27. The number of cyclic esters (lactones) is 1. The number of allylic oxidation sites excluding steroid dienone is 3. The predicted molar refractivity (Wildman–Crippen MR) is 73.9 cm³/mol. The molecule has 0 fully saturated rings. The van der Waals surface area contributed by atoms with E-state index in [-0.39, 0.29) is 22.4 Å². The molecule has 0 bridgehead atoms. The number of rotatable bonds is 6. The predicted octanol–water partition coefficient (Wildman–Crippen LogP) is 2.50. The monoisotopic (exact) mass is 329 g/mol. The fourth-order valence-electron chi connectivity index (χ4n) is 1.52. The molecule has 1 aliphatic heterocycles. The lowest BCUT2D eigenvalue weighted by Crippen LogP contribution is -2.28. The second kappa shape index (κ2) is 7.25. The third kappa shape index (κ3) is 3.78. The van der Waals surface area contributed by atoms with E-state index in [1.807, 2.05) is 6.92 Å². The van der Waals surface area contributed by atoms with Gasteiger partial charge in [-0.1, -0.05) is 19.4 Å². The van der Waals surface area contributed by atoms with Gasteiger partial charge in [-0.15, -0.1) is 6.58 Å². The van der Waals surface area contributed by atoms with E-state index in [0.29, 0.717) is 12.1 Å². The molecule has 0 aromatic rings. The minimum atomic E-state index is -0.663. The second-order valence-corrected chi connectivity index (χ2v) is 4.69. The molecule has 1 heterocycles. The summed E-state index contributed by atoms with van der Waals surface area (Å²) in [6.07, 6.45) is 2.82. The third-order valence-electron chi connectivity index (χ3n) is 2.38. The molecule has 0 aromatic heterocycles. The van der Waals surface area contributed by atoms with Crippen LogP contribution in [0.15, 0.2) is 34.2 Å². The van der Waals surface area contributed by atoms with Crippen LogP contribution in [0.3, 0.4) is 0 Å². The molecular weight excluding hydrogens is 314 g/mol. The lowest BCUT2D eigenvalue weighted by Gasteiger charge is -2.19. The van der Waals surface area contributed by atoms with Crippen molar-refractivity contribution in [2.45, 2.75) is 26.7 Å². The Labute approximate surface area is 120 Å². The summed E-state index contributed by atoms with van der Waals surface area (Å²) in [5.74, 6) is -0.794. The highest BCUT2D eigenvalue weighted by molar-refractivity contribution is 9.12. The summed E-state index contributed by atoms with van der Waals surface area (Å²) < 4.78 is 5.27. The number of esters is 1. The molecule has 1 aliphatic rings. The normalized spacial score (nSPS) is 18.3. The lowest BCUT2D eigenvalue weighted by atomic mass is 10.0. The molecule has 0 unspecified atom stereocenters. The molecular formula is C13H16BrNO4. The number of hydroxylamine groups is 1. The van der Waals surface area contributed by atoms with Crippen LogP contribution in [0.1, 0.15) is 26.7 Å². The Kier molecular flexibility index (Phi) is 5.98. The fourth-order valence-corrected chi connectivity index (χ4v) is 1.80. The summed E-state index contributed by atoms with van der Waals surface area (Å²) >= 11 is 3.12. The first-order valence-electron chi connectivity index (χ1n) is 5.88. The SMILES string of the molecule is C=CCONC(CCC)=C1C(=O)OC(C)=C(Br)C1=O. The van der Waals surface area contributed by atoms with E-state index in [0.717, 1.165) is 6.42 Å². The highest BCUT2D eigenvalue weighted by atomic mass is 79.9. The fraction of sp³-hybridized carbons (Fsp3) is 0.385. The zero-order chi connectivity index (χ0) is 14.4. The quantitative estimate of drug-likeness (QED) is 0.202. The lowest BCUT2D eigenvalue weighted by molar-refractivity contribution is -0.137. The number of hydrogen-bond donors (Lipinski definition) is 1. The minimum absolute atomic E-state index is 0.0246. The topological polar surface area (TPSA) is 64.6 Å². The summed E-state index contributed by atoms with van der Waals surface area (Å²) in [5, 5.41) is 0. The first kappa shape index (κ1) is 15.7. The Bertz CT molecular complexity index is 465. The van der Waals surface area contributed by atoms with Gasteiger partial charge in [-0.25, -0.2) is 4.79 Å². The van der Waals surface area contributed by atoms with E-state index < -0.39 is 11.8 Å². The Balaban J connectivity index is 3.09. The van der Waals surface area contributed by atoms with Crippen molar-refractivity contribution in [3.8, 4) is 0 Å². The highest BCUT2D eigenvalue weighted by Crippen LogP contribution is 2.27. The minimum Gasteiger partial charge on any atom is -0.426 e. The largest absolute Gasteiger partial charge is 0.426 e. The Hall–Kier alpha value is -1.40. The molecule has 0 aliphatic carbocycles. The number of nitrogens with one attached hydrogen (secondary N) is 1. The van der Waals surface area contributed by atoms with Gasteiger partial charge in [0.05, 0.1) is 12.3 Å². The molecule has 0 aromatic carbocycles. The Morgan fingerprint density at radius 2 is 2.21 bits per heavy atom. The average molecular weight is 330 g/mol. The molecule has 0 amide bonds. The van der Waals surface area contributed by atoms with E-state index >= 15 is 0 Å². The maximum atomic E-state index is 12.1. The van der Waals surface area contributed by atoms with Gasteiger partial charge < -0.3 is 4.74 Å². The van der Waals surface area contributed by atoms with Crippen molar-refractivity contribution in [2.24, 2.45) is 0 Å². The van der Waals surface area contributed by atoms with E-state index in [9.17, 15) is 9.59 Å². The Morgan fingerprint density at radius 3 is 2.79 bits per heavy atom. The molecule has 0 radical (unpaired) electrons. The van der Waals surface area contributed by atoms with Gasteiger partial charge in [0.2, 0.25) is 5.78 Å². The van der Waals surface area contributed by atoms with Crippen LogP contribution in [0, 0.1) is 0 Å². The van der Waals surface area contributed by atoms with Crippen LogP contribution in [-0.2, 0) is 19.2 Å². The molecule has 1 rings (SSSR count). The van der Waals surface area contributed by atoms with Gasteiger partial charge >= 0.3 is 5.97 Å². The van der Waals surface area contributed by atoms with E-state index in [1.54, 1.807) is 13.0 Å². The van der Waals surface area contributed by atoms with Crippen molar-refractivity contribution in [3.63, 3.8) is 0 Å². The number of carbonyl (C=O) groups is 2. The zero-order valence-electron chi connectivity index (χ0n) is 10.9. The highest BCUT2D eigenvalue weighted by Gasteiger charge is 2.33. The van der Waals surface area contributed by atoms with E-state index in [2.05, 4.69) is 28.0 Å². The summed E-state index contributed by atoms with van der Waals surface area (Å²) in [4.78, 5) is 29.0.